The van der Waals surface area contributed by atoms with Gasteiger partial charge in [0.1, 0.15) is 0 Å². The van der Waals surface area contributed by atoms with Crippen LogP contribution in [-0.2, 0) is 16.1 Å². The summed E-state index contributed by atoms with van der Waals surface area (Å²) in [4.78, 5) is 19.4. The van der Waals surface area contributed by atoms with E-state index >= 15 is 0 Å². The molecular formula is C25H29N5O2S. The molecule has 0 aliphatic carbocycles. The molecular weight excluding hydrogens is 434 g/mol. The number of hydrogen-bond acceptors (Lipinski definition) is 4. The van der Waals surface area contributed by atoms with Crippen LogP contribution in [-0.4, -0.2) is 45.7 Å². The molecule has 0 radical (unpaired) electrons. The molecule has 33 heavy (non-hydrogen) atoms. The van der Waals surface area contributed by atoms with Crippen molar-refractivity contribution in [1.29, 1.82) is 0 Å². The smallest absolute Gasteiger partial charge is 0.226 e. The lowest BCUT2D eigenvalue weighted by atomic mass is 10.0. The van der Waals surface area contributed by atoms with E-state index in [-0.39, 0.29) is 18.0 Å². The molecule has 0 bridgehead atoms. The van der Waals surface area contributed by atoms with E-state index in [1.54, 1.807) is 13.3 Å². The number of methoxy groups -OCH3 is 1. The van der Waals surface area contributed by atoms with Gasteiger partial charge in [0.05, 0.1) is 24.4 Å². The van der Waals surface area contributed by atoms with Crippen molar-refractivity contribution in [2.24, 2.45) is 0 Å². The maximum absolute atomic E-state index is 12.7. The van der Waals surface area contributed by atoms with Crippen molar-refractivity contribution in [2.75, 3.05) is 25.6 Å². The van der Waals surface area contributed by atoms with Crippen LogP contribution in [0.5, 0.6) is 0 Å². The molecule has 8 heteroatoms. The van der Waals surface area contributed by atoms with Gasteiger partial charge >= 0.3 is 0 Å². The molecule has 0 spiro atoms. The Kier molecular flexibility index (Phi) is 7.36. The van der Waals surface area contributed by atoms with Crippen molar-refractivity contribution in [3.63, 3.8) is 0 Å². The first-order chi connectivity index (χ1) is 16.1. The lowest BCUT2D eigenvalue weighted by Gasteiger charge is -2.28. The number of anilines is 1. The molecule has 1 aliphatic rings. The molecule has 7 nitrogen and oxygen atoms in total. The Hall–Kier alpha value is -3.23. The normalized spacial score (nSPS) is 17.8. The summed E-state index contributed by atoms with van der Waals surface area (Å²) in [6.45, 7) is 3.84. The highest BCUT2D eigenvalue weighted by Crippen LogP contribution is 2.38. The van der Waals surface area contributed by atoms with Gasteiger partial charge in [-0.15, -0.1) is 0 Å². The predicted octanol–water partition coefficient (Wildman–Crippen LogP) is 3.84. The van der Waals surface area contributed by atoms with E-state index < -0.39 is 0 Å². The molecule has 4 rings (SSSR count). The van der Waals surface area contributed by atoms with Crippen LogP contribution in [0.1, 0.15) is 35.5 Å². The molecule has 1 aromatic carbocycles. The molecule has 2 N–H and O–H groups in total. The summed E-state index contributed by atoms with van der Waals surface area (Å²) in [6, 6.07) is 17.6. The minimum Gasteiger partial charge on any atom is -0.383 e. The Balaban J connectivity index is 1.55. The molecule has 172 valence electrons. The van der Waals surface area contributed by atoms with Crippen LogP contribution in [0.2, 0.25) is 0 Å². The van der Waals surface area contributed by atoms with E-state index in [2.05, 4.69) is 31.2 Å². The minimum absolute atomic E-state index is 0.0433. The Morgan fingerprint density at radius 3 is 2.82 bits per heavy atom. The number of aryl methyl sites for hydroxylation is 1. The van der Waals surface area contributed by atoms with Gasteiger partial charge in [0.15, 0.2) is 5.11 Å². The standard InChI is InChI=1S/C25H29N5O2S/c1-18-7-5-8-19(17-18)27-22(31)11-14-30-24(21-10-6-13-29(21)15-16-32-2)23(28-25(30)33)20-9-3-4-12-26-20/h3-10,12-13,17,23-24H,11,14-16H2,1-2H3,(H,27,31)(H,28,33)/t23-,24+/m0/s1. The number of hydrogen-bond donors (Lipinski definition) is 2. The van der Waals surface area contributed by atoms with Gasteiger partial charge in [-0.1, -0.05) is 18.2 Å². The lowest BCUT2D eigenvalue weighted by Crippen LogP contribution is -2.33. The average Bonchev–Trinajstić information content (AvgIpc) is 3.40. The number of nitrogens with zero attached hydrogens (tertiary/aromatic N) is 3. The molecule has 2 aromatic heterocycles. The van der Waals surface area contributed by atoms with Gasteiger partial charge in [0.25, 0.3) is 0 Å². The SMILES string of the molecule is COCCn1cccc1[C@@H]1[C@H](c2ccccn2)NC(=S)N1CCC(=O)Nc1cccc(C)c1. The number of ether oxygens (including phenoxy) is 1. The largest absolute Gasteiger partial charge is 0.383 e. The number of carbonyl (C=O) groups is 1. The minimum atomic E-state index is -0.116. The molecule has 1 amide bonds. The number of carbonyl (C=O) groups excluding carboxylic acids is 1. The number of aromatic nitrogens is 2. The van der Waals surface area contributed by atoms with Crippen LogP contribution < -0.4 is 10.6 Å². The zero-order valence-electron chi connectivity index (χ0n) is 18.9. The molecule has 0 saturated carbocycles. The van der Waals surface area contributed by atoms with Gasteiger partial charge in [-0.2, -0.15) is 0 Å². The van der Waals surface area contributed by atoms with Crippen LogP contribution in [0.4, 0.5) is 5.69 Å². The second-order valence-corrected chi connectivity index (χ2v) is 8.49. The van der Waals surface area contributed by atoms with Gasteiger partial charge in [-0.25, -0.2) is 0 Å². The third-order valence-electron chi connectivity index (χ3n) is 5.78. The van der Waals surface area contributed by atoms with Gasteiger partial charge < -0.3 is 24.8 Å². The van der Waals surface area contributed by atoms with E-state index in [4.69, 9.17) is 17.0 Å². The van der Waals surface area contributed by atoms with Crippen LogP contribution in [0.15, 0.2) is 67.0 Å². The van der Waals surface area contributed by atoms with Crippen molar-refractivity contribution >= 4 is 28.9 Å². The number of benzene rings is 1. The summed E-state index contributed by atoms with van der Waals surface area (Å²) in [5.41, 5.74) is 3.93. The summed E-state index contributed by atoms with van der Waals surface area (Å²) in [7, 11) is 1.70. The molecule has 1 fully saturated rings. The van der Waals surface area contributed by atoms with E-state index in [1.807, 2.05) is 61.7 Å². The Bertz CT molecular complexity index is 1100. The number of pyridine rings is 1. The number of nitrogens with one attached hydrogen (secondary N) is 2. The van der Waals surface area contributed by atoms with Crippen molar-refractivity contribution in [3.05, 3.63) is 83.9 Å². The Morgan fingerprint density at radius 1 is 1.18 bits per heavy atom. The third kappa shape index (κ3) is 5.40. The first-order valence-electron chi connectivity index (χ1n) is 11.1. The van der Waals surface area contributed by atoms with Gasteiger partial charge in [-0.3, -0.25) is 9.78 Å². The number of rotatable bonds is 9. The van der Waals surface area contributed by atoms with E-state index in [9.17, 15) is 4.79 Å². The van der Waals surface area contributed by atoms with E-state index in [0.717, 1.165) is 29.2 Å². The summed E-state index contributed by atoms with van der Waals surface area (Å²) < 4.78 is 7.48. The lowest BCUT2D eigenvalue weighted by molar-refractivity contribution is -0.116. The van der Waals surface area contributed by atoms with Crippen molar-refractivity contribution < 1.29 is 9.53 Å². The van der Waals surface area contributed by atoms with Crippen LogP contribution in [0.3, 0.4) is 0 Å². The number of amides is 1. The topological polar surface area (TPSA) is 71.4 Å². The molecule has 3 aromatic rings. The molecule has 3 heterocycles. The number of thiocarbonyl (C=S) groups is 1. The molecule has 0 unspecified atom stereocenters. The molecule has 1 saturated heterocycles. The van der Waals surface area contributed by atoms with Crippen molar-refractivity contribution in [3.8, 4) is 0 Å². The first kappa shape index (κ1) is 22.9. The third-order valence-corrected chi connectivity index (χ3v) is 6.14. The van der Waals surface area contributed by atoms with Gasteiger partial charge in [0, 0.05) is 50.4 Å². The fraction of sp³-hybridized carbons (Fsp3) is 0.320. The molecule has 2 atom stereocenters. The van der Waals surface area contributed by atoms with Crippen molar-refractivity contribution in [2.45, 2.75) is 32.0 Å². The zero-order chi connectivity index (χ0) is 23.2. The van der Waals surface area contributed by atoms with Crippen LogP contribution >= 0.6 is 12.2 Å². The van der Waals surface area contributed by atoms with Gasteiger partial charge in [-0.05, 0) is 61.1 Å². The summed E-state index contributed by atoms with van der Waals surface area (Å²) >= 11 is 5.72. The highest BCUT2D eigenvalue weighted by Gasteiger charge is 2.41. The predicted molar refractivity (Wildman–Crippen MR) is 133 cm³/mol. The van der Waals surface area contributed by atoms with E-state index in [1.165, 1.54) is 0 Å². The highest BCUT2D eigenvalue weighted by atomic mass is 32.1. The second-order valence-electron chi connectivity index (χ2n) is 8.11. The first-order valence-corrected chi connectivity index (χ1v) is 11.5. The van der Waals surface area contributed by atoms with Crippen molar-refractivity contribution in [1.82, 2.24) is 19.8 Å². The van der Waals surface area contributed by atoms with Crippen LogP contribution in [0, 0.1) is 6.92 Å². The quantitative estimate of drug-likeness (QED) is 0.470. The average molecular weight is 464 g/mol. The fourth-order valence-electron chi connectivity index (χ4n) is 4.23. The molecule has 1 aliphatic heterocycles. The van der Waals surface area contributed by atoms with Crippen LogP contribution in [0.25, 0.3) is 0 Å². The summed E-state index contributed by atoms with van der Waals surface area (Å²) in [5, 5.41) is 7.05. The maximum atomic E-state index is 12.7. The van der Waals surface area contributed by atoms with E-state index in [0.29, 0.717) is 24.7 Å². The highest BCUT2D eigenvalue weighted by molar-refractivity contribution is 7.80. The second kappa shape index (κ2) is 10.6. The monoisotopic (exact) mass is 463 g/mol. The summed E-state index contributed by atoms with van der Waals surface area (Å²) in [5.74, 6) is -0.0433. The zero-order valence-corrected chi connectivity index (χ0v) is 19.7. The maximum Gasteiger partial charge on any atom is 0.226 e. The Labute approximate surface area is 199 Å². The van der Waals surface area contributed by atoms with Gasteiger partial charge in [0.2, 0.25) is 5.91 Å². The summed E-state index contributed by atoms with van der Waals surface area (Å²) in [6.07, 6.45) is 4.16. The fourth-order valence-corrected chi connectivity index (χ4v) is 4.56. The Morgan fingerprint density at radius 2 is 2.06 bits per heavy atom.